The molecule has 1 aliphatic heterocycles. The summed E-state index contributed by atoms with van der Waals surface area (Å²) in [6, 6.07) is 9.30. The highest BCUT2D eigenvalue weighted by Crippen LogP contribution is 2.25. The topological polar surface area (TPSA) is 88.4 Å². The Hall–Kier alpha value is -2.26. The highest BCUT2D eigenvalue weighted by molar-refractivity contribution is 7.88. The van der Waals surface area contributed by atoms with E-state index in [1.165, 1.54) is 11.4 Å². The van der Waals surface area contributed by atoms with Crippen LogP contribution in [0.2, 0.25) is 0 Å². The van der Waals surface area contributed by atoms with Gasteiger partial charge in [0.25, 0.3) is 0 Å². The fourth-order valence-electron chi connectivity index (χ4n) is 2.90. The highest BCUT2D eigenvalue weighted by Gasteiger charge is 2.33. The quantitative estimate of drug-likeness (QED) is 0.783. The Morgan fingerprint density at radius 3 is 2.56 bits per heavy atom. The second kappa shape index (κ2) is 6.57. The van der Waals surface area contributed by atoms with Gasteiger partial charge in [-0.2, -0.15) is 4.31 Å². The Balaban J connectivity index is 1.84. The van der Waals surface area contributed by atoms with Crippen LogP contribution >= 0.6 is 0 Å². The second-order valence-electron chi connectivity index (χ2n) is 6.28. The van der Waals surface area contributed by atoms with E-state index < -0.39 is 16.1 Å². The standard InChI is InChI=1S/C16H21N5O3S/c1-12-16(22)20(9-13-7-5-4-6-8-13)11-15-18-17-14(21(12)15)10-19(2)25(3,23)24/h4-8,12H,9-11H2,1-3H3/t12-/m1/s1. The fourth-order valence-corrected chi connectivity index (χ4v) is 3.25. The molecule has 1 amide bonds. The molecule has 2 aromatic rings. The van der Waals surface area contributed by atoms with Gasteiger partial charge in [-0.05, 0) is 12.5 Å². The van der Waals surface area contributed by atoms with Gasteiger partial charge in [-0.25, -0.2) is 8.42 Å². The third-order valence-corrected chi connectivity index (χ3v) is 5.63. The number of nitrogens with zero attached hydrogens (tertiary/aromatic N) is 5. The van der Waals surface area contributed by atoms with Gasteiger partial charge in [-0.3, -0.25) is 9.36 Å². The number of benzene rings is 1. The molecule has 0 saturated heterocycles. The molecule has 0 spiro atoms. The van der Waals surface area contributed by atoms with Gasteiger partial charge < -0.3 is 4.90 Å². The Morgan fingerprint density at radius 2 is 1.92 bits per heavy atom. The summed E-state index contributed by atoms with van der Waals surface area (Å²) in [6.07, 6.45) is 1.14. The Bertz CT molecular complexity index is 878. The molecule has 1 atom stereocenters. The minimum atomic E-state index is -3.33. The third kappa shape index (κ3) is 3.57. The van der Waals surface area contributed by atoms with E-state index in [1.807, 2.05) is 30.3 Å². The van der Waals surface area contributed by atoms with Gasteiger partial charge in [-0.15, -0.1) is 10.2 Å². The first-order valence-corrected chi connectivity index (χ1v) is 9.79. The average molecular weight is 363 g/mol. The Kier molecular flexibility index (Phi) is 4.61. The van der Waals surface area contributed by atoms with Crippen LogP contribution in [0.4, 0.5) is 0 Å². The molecule has 0 fully saturated rings. The highest BCUT2D eigenvalue weighted by atomic mass is 32.2. The first-order chi connectivity index (χ1) is 11.8. The normalized spacial score (nSPS) is 17.8. The number of amides is 1. The van der Waals surface area contributed by atoms with Crippen molar-refractivity contribution in [3.63, 3.8) is 0 Å². The summed E-state index contributed by atoms with van der Waals surface area (Å²) in [6.45, 7) is 2.74. The van der Waals surface area contributed by atoms with Gasteiger partial charge in [0, 0.05) is 13.6 Å². The summed E-state index contributed by atoms with van der Waals surface area (Å²) < 4.78 is 26.2. The number of fused-ring (bicyclic) bond motifs is 1. The number of carbonyl (C=O) groups excluding carboxylic acids is 1. The van der Waals surface area contributed by atoms with Crippen LogP contribution in [0.1, 0.15) is 30.2 Å². The molecule has 0 aliphatic carbocycles. The van der Waals surface area contributed by atoms with Crippen LogP contribution < -0.4 is 0 Å². The van der Waals surface area contributed by atoms with Crippen molar-refractivity contribution in [2.75, 3.05) is 13.3 Å². The van der Waals surface area contributed by atoms with Crippen molar-refractivity contribution in [2.45, 2.75) is 32.6 Å². The van der Waals surface area contributed by atoms with Crippen molar-refractivity contribution in [1.29, 1.82) is 0 Å². The summed E-state index contributed by atoms with van der Waals surface area (Å²) in [5.41, 5.74) is 1.05. The SMILES string of the molecule is C[C@@H]1C(=O)N(Cc2ccccc2)Cc2nnc(CN(C)S(C)(=O)=O)n21. The molecular formula is C16H21N5O3S. The molecule has 1 aliphatic rings. The summed E-state index contributed by atoms with van der Waals surface area (Å²) in [5, 5.41) is 8.27. The van der Waals surface area contributed by atoms with Gasteiger partial charge in [0.2, 0.25) is 15.9 Å². The van der Waals surface area contributed by atoms with Crippen LogP contribution in [0.15, 0.2) is 30.3 Å². The first kappa shape index (κ1) is 17.6. The summed E-state index contributed by atoms with van der Waals surface area (Å²) in [5.74, 6) is 1.11. The second-order valence-corrected chi connectivity index (χ2v) is 8.37. The third-order valence-electron chi connectivity index (χ3n) is 4.37. The molecule has 3 rings (SSSR count). The van der Waals surface area contributed by atoms with E-state index in [1.54, 1.807) is 16.4 Å². The summed E-state index contributed by atoms with van der Waals surface area (Å²) in [7, 11) is -1.85. The van der Waals surface area contributed by atoms with E-state index in [4.69, 9.17) is 0 Å². The van der Waals surface area contributed by atoms with Gasteiger partial charge >= 0.3 is 0 Å². The first-order valence-electron chi connectivity index (χ1n) is 7.94. The molecule has 0 saturated carbocycles. The van der Waals surface area contributed by atoms with Gasteiger partial charge in [0.15, 0.2) is 5.82 Å². The molecule has 25 heavy (non-hydrogen) atoms. The zero-order valence-electron chi connectivity index (χ0n) is 14.5. The number of carbonyl (C=O) groups is 1. The molecule has 8 nitrogen and oxygen atoms in total. The Labute approximate surface area is 147 Å². The predicted molar refractivity (Wildman–Crippen MR) is 91.7 cm³/mol. The van der Waals surface area contributed by atoms with Crippen LogP contribution in [0.3, 0.4) is 0 Å². The number of hydrogen-bond acceptors (Lipinski definition) is 5. The van der Waals surface area contributed by atoms with Crippen LogP contribution in [0.5, 0.6) is 0 Å². The average Bonchev–Trinajstić information content (AvgIpc) is 2.95. The lowest BCUT2D eigenvalue weighted by molar-refractivity contribution is -0.137. The van der Waals surface area contributed by atoms with Crippen LogP contribution in [0, 0.1) is 0 Å². The molecular weight excluding hydrogens is 342 g/mol. The lowest BCUT2D eigenvalue weighted by Gasteiger charge is -2.32. The van der Waals surface area contributed by atoms with Crippen molar-refractivity contribution < 1.29 is 13.2 Å². The van der Waals surface area contributed by atoms with Crippen LogP contribution in [-0.4, -0.2) is 51.6 Å². The van der Waals surface area contributed by atoms with E-state index in [2.05, 4.69) is 10.2 Å². The molecule has 1 aromatic heterocycles. The number of hydrogen-bond donors (Lipinski definition) is 0. The minimum absolute atomic E-state index is 0.0283. The molecule has 0 N–H and O–H groups in total. The maximum absolute atomic E-state index is 12.7. The van der Waals surface area contributed by atoms with E-state index in [9.17, 15) is 13.2 Å². The van der Waals surface area contributed by atoms with Gasteiger partial charge in [0.1, 0.15) is 11.9 Å². The van der Waals surface area contributed by atoms with Crippen molar-refractivity contribution in [2.24, 2.45) is 0 Å². The number of rotatable bonds is 5. The maximum atomic E-state index is 12.7. The summed E-state index contributed by atoms with van der Waals surface area (Å²) in [4.78, 5) is 14.5. The van der Waals surface area contributed by atoms with Crippen LogP contribution in [-0.2, 0) is 34.5 Å². The molecule has 0 bridgehead atoms. The molecule has 0 unspecified atom stereocenters. The van der Waals surface area contributed by atoms with Crippen molar-refractivity contribution >= 4 is 15.9 Å². The van der Waals surface area contributed by atoms with Crippen molar-refractivity contribution in [3.05, 3.63) is 47.5 Å². The van der Waals surface area contributed by atoms with Crippen molar-refractivity contribution in [3.8, 4) is 0 Å². The monoisotopic (exact) mass is 363 g/mol. The Morgan fingerprint density at radius 1 is 1.24 bits per heavy atom. The van der Waals surface area contributed by atoms with Gasteiger partial charge in [0.05, 0.1) is 19.3 Å². The van der Waals surface area contributed by atoms with Crippen molar-refractivity contribution in [1.82, 2.24) is 24.0 Å². The van der Waals surface area contributed by atoms with E-state index in [-0.39, 0.29) is 12.5 Å². The fraction of sp³-hybridized carbons (Fsp3) is 0.438. The lowest BCUT2D eigenvalue weighted by Crippen LogP contribution is -2.42. The van der Waals surface area contributed by atoms with E-state index in [0.717, 1.165) is 11.8 Å². The minimum Gasteiger partial charge on any atom is -0.329 e. The summed E-state index contributed by atoms with van der Waals surface area (Å²) >= 11 is 0. The molecule has 1 aromatic carbocycles. The smallest absolute Gasteiger partial charge is 0.246 e. The molecule has 9 heteroatoms. The van der Waals surface area contributed by atoms with Crippen LogP contribution in [0.25, 0.3) is 0 Å². The van der Waals surface area contributed by atoms with E-state index >= 15 is 0 Å². The number of aromatic nitrogens is 3. The molecule has 0 radical (unpaired) electrons. The van der Waals surface area contributed by atoms with E-state index in [0.29, 0.717) is 24.7 Å². The lowest BCUT2D eigenvalue weighted by atomic mass is 10.1. The molecule has 2 heterocycles. The zero-order chi connectivity index (χ0) is 18.2. The largest absolute Gasteiger partial charge is 0.329 e. The zero-order valence-corrected chi connectivity index (χ0v) is 15.3. The predicted octanol–water partition coefficient (Wildman–Crippen LogP) is 0.773. The van der Waals surface area contributed by atoms with Gasteiger partial charge in [-0.1, -0.05) is 30.3 Å². The number of sulfonamides is 1. The maximum Gasteiger partial charge on any atom is 0.246 e. The molecule has 134 valence electrons.